The highest BCUT2D eigenvalue weighted by molar-refractivity contribution is 5.95. The van der Waals surface area contributed by atoms with Crippen LogP contribution in [-0.4, -0.2) is 80.7 Å². The Kier molecular flexibility index (Phi) is 6.12. The van der Waals surface area contributed by atoms with E-state index in [0.717, 1.165) is 64.0 Å². The van der Waals surface area contributed by atoms with Gasteiger partial charge in [0.25, 0.3) is 0 Å². The van der Waals surface area contributed by atoms with Gasteiger partial charge in [-0.15, -0.1) is 0 Å². The van der Waals surface area contributed by atoms with E-state index in [1.807, 2.05) is 24.1 Å². The first-order valence-corrected chi connectivity index (χ1v) is 10.4. The molecule has 3 fully saturated rings. The van der Waals surface area contributed by atoms with E-state index >= 15 is 0 Å². The average Bonchev–Trinajstić information content (AvgIpc) is 3.39. The van der Waals surface area contributed by atoms with Crippen molar-refractivity contribution in [2.24, 2.45) is 4.99 Å². The van der Waals surface area contributed by atoms with Crippen molar-refractivity contribution in [3.63, 3.8) is 0 Å². The topological polar surface area (TPSA) is 60.4 Å². The van der Waals surface area contributed by atoms with E-state index in [0.29, 0.717) is 19.0 Å². The Balaban J connectivity index is 1.33. The van der Waals surface area contributed by atoms with Crippen molar-refractivity contribution in [1.29, 1.82) is 0 Å². The van der Waals surface area contributed by atoms with Gasteiger partial charge < -0.3 is 19.9 Å². The second-order valence-electron chi connectivity index (χ2n) is 7.76. The molecule has 1 aromatic rings. The molecule has 0 saturated carbocycles. The molecule has 7 nitrogen and oxygen atoms in total. The SMILES string of the molecule is CN=C(NCc1cccc(N2CCCC2=O)c1)N1CCC(N2CCOCC2)C1. The Hall–Kier alpha value is -2.12. The molecule has 1 aromatic carbocycles. The number of aliphatic imine (C=N–C) groups is 1. The van der Waals surface area contributed by atoms with Gasteiger partial charge in [-0.05, 0) is 30.5 Å². The second kappa shape index (κ2) is 8.92. The lowest BCUT2D eigenvalue weighted by molar-refractivity contribution is -0.117. The Labute approximate surface area is 167 Å². The number of carbonyl (C=O) groups excluding carboxylic acids is 1. The third-order valence-corrected chi connectivity index (χ3v) is 5.98. The predicted molar refractivity (Wildman–Crippen MR) is 111 cm³/mol. The van der Waals surface area contributed by atoms with E-state index < -0.39 is 0 Å². The first kappa shape index (κ1) is 19.2. The fourth-order valence-corrected chi connectivity index (χ4v) is 4.44. The van der Waals surface area contributed by atoms with Gasteiger partial charge in [-0.25, -0.2) is 0 Å². The fourth-order valence-electron chi connectivity index (χ4n) is 4.44. The largest absolute Gasteiger partial charge is 0.379 e. The predicted octanol–water partition coefficient (Wildman–Crippen LogP) is 1.30. The van der Waals surface area contributed by atoms with Crippen molar-refractivity contribution in [1.82, 2.24) is 15.1 Å². The van der Waals surface area contributed by atoms with Gasteiger partial charge in [0.1, 0.15) is 0 Å². The summed E-state index contributed by atoms with van der Waals surface area (Å²) in [6.45, 7) is 7.35. The maximum Gasteiger partial charge on any atom is 0.227 e. The number of likely N-dealkylation sites (tertiary alicyclic amines) is 1. The first-order chi connectivity index (χ1) is 13.7. The van der Waals surface area contributed by atoms with Gasteiger partial charge in [-0.1, -0.05) is 12.1 Å². The highest BCUT2D eigenvalue weighted by Gasteiger charge is 2.30. The van der Waals surface area contributed by atoms with Crippen molar-refractivity contribution in [2.45, 2.75) is 31.8 Å². The Morgan fingerprint density at radius 3 is 2.86 bits per heavy atom. The third-order valence-electron chi connectivity index (χ3n) is 5.98. The van der Waals surface area contributed by atoms with Gasteiger partial charge in [0.2, 0.25) is 5.91 Å². The number of nitrogens with zero attached hydrogens (tertiary/aromatic N) is 4. The zero-order valence-electron chi connectivity index (χ0n) is 16.8. The summed E-state index contributed by atoms with van der Waals surface area (Å²) in [5, 5.41) is 3.51. The van der Waals surface area contributed by atoms with E-state index in [1.54, 1.807) is 0 Å². The number of nitrogens with one attached hydrogen (secondary N) is 1. The molecule has 1 amide bonds. The van der Waals surface area contributed by atoms with Crippen LogP contribution in [0.3, 0.4) is 0 Å². The lowest BCUT2D eigenvalue weighted by atomic mass is 10.2. The number of amides is 1. The monoisotopic (exact) mass is 385 g/mol. The number of guanidine groups is 1. The lowest BCUT2D eigenvalue weighted by Gasteiger charge is -2.32. The minimum absolute atomic E-state index is 0.229. The number of anilines is 1. The standard InChI is InChI=1S/C21H31N5O2/c1-22-21(25-9-7-19(16-25)24-10-12-28-13-11-24)23-15-17-4-2-5-18(14-17)26-8-3-6-20(26)27/h2,4-5,14,19H,3,6-13,15-16H2,1H3,(H,22,23). The summed E-state index contributed by atoms with van der Waals surface area (Å²) in [5.41, 5.74) is 2.17. The van der Waals surface area contributed by atoms with Crippen molar-refractivity contribution in [3.05, 3.63) is 29.8 Å². The zero-order valence-corrected chi connectivity index (χ0v) is 16.8. The molecule has 1 unspecified atom stereocenters. The lowest BCUT2D eigenvalue weighted by Crippen LogP contribution is -2.46. The molecule has 0 spiro atoms. The molecule has 4 rings (SSSR count). The summed E-state index contributed by atoms with van der Waals surface area (Å²) in [6, 6.07) is 8.86. The zero-order chi connectivity index (χ0) is 19.3. The quantitative estimate of drug-likeness (QED) is 0.625. The number of morpholine rings is 1. The summed E-state index contributed by atoms with van der Waals surface area (Å²) in [6.07, 6.45) is 2.79. The van der Waals surface area contributed by atoms with Crippen LogP contribution in [0, 0.1) is 0 Å². The number of rotatable bonds is 4. The molecule has 1 N–H and O–H groups in total. The van der Waals surface area contributed by atoms with E-state index in [2.05, 4.69) is 32.2 Å². The Morgan fingerprint density at radius 2 is 2.11 bits per heavy atom. The second-order valence-corrected chi connectivity index (χ2v) is 7.76. The minimum atomic E-state index is 0.229. The molecule has 0 aliphatic carbocycles. The third kappa shape index (κ3) is 4.31. The fraction of sp³-hybridized carbons (Fsp3) is 0.619. The van der Waals surface area contributed by atoms with Crippen LogP contribution in [0.2, 0.25) is 0 Å². The van der Waals surface area contributed by atoms with Crippen molar-refractivity contribution in [3.8, 4) is 0 Å². The minimum Gasteiger partial charge on any atom is -0.379 e. The van der Waals surface area contributed by atoms with Crippen LogP contribution in [-0.2, 0) is 16.1 Å². The molecule has 7 heteroatoms. The molecule has 3 aliphatic heterocycles. The van der Waals surface area contributed by atoms with Gasteiger partial charge in [0.15, 0.2) is 5.96 Å². The van der Waals surface area contributed by atoms with E-state index in [1.165, 1.54) is 12.0 Å². The highest BCUT2D eigenvalue weighted by Crippen LogP contribution is 2.22. The Bertz CT molecular complexity index is 717. The smallest absolute Gasteiger partial charge is 0.227 e. The van der Waals surface area contributed by atoms with Crippen LogP contribution in [0.25, 0.3) is 0 Å². The Morgan fingerprint density at radius 1 is 1.25 bits per heavy atom. The van der Waals surface area contributed by atoms with Crippen LogP contribution in [0.4, 0.5) is 5.69 Å². The number of hydrogen-bond acceptors (Lipinski definition) is 4. The molecule has 0 aromatic heterocycles. The summed E-state index contributed by atoms with van der Waals surface area (Å²) in [4.78, 5) is 23.3. The first-order valence-electron chi connectivity index (χ1n) is 10.4. The van der Waals surface area contributed by atoms with Crippen LogP contribution < -0.4 is 10.2 Å². The molecule has 3 aliphatic rings. The molecule has 28 heavy (non-hydrogen) atoms. The van der Waals surface area contributed by atoms with E-state index in [9.17, 15) is 4.79 Å². The van der Waals surface area contributed by atoms with Crippen LogP contribution >= 0.6 is 0 Å². The molecule has 1 atom stereocenters. The highest BCUT2D eigenvalue weighted by atomic mass is 16.5. The number of benzene rings is 1. The van der Waals surface area contributed by atoms with Gasteiger partial charge in [-0.3, -0.25) is 14.7 Å². The maximum absolute atomic E-state index is 12.0. The summed E-state index contributed by atoms with van der Waals surface area (Å²) < 4.78 is 5.48. The summed E-state index contributed by atoms with van der Waals surface area (Å²) in [7, 11) is 1.85. The molecule has 0 radical (unpaired) electrons. The summed E-state index contributed by atoms with van der Waals surface area (Å²) in [5.74, 6) is 1.19. The van der Waals surface area contributed by atoms with Crippen LogP contribution in [0.1, 0.15) is 24.8 Å². The molecular weight excluding hydrogens is 354 g/mol. The summed E-state index contributed by atoms with van der Waals surface area (Å²) >= 11 is 0. The number of hydrogen-bond donors (Lipinski definition) is 1. The van der Waals surface area contributed by atoms with Gasteiger partial charge in [0, 0.05) is 64.5 Å². The van der Waals surface area contributed by atoms with E-state index in [4.69, 9.17) is 4.74 Å². The molecule has 3 heterocycles. The number of ether oxygens (including phenoxy) is 1. The molecule has 0 bridgehead atoms. The normalized spacial score (nSPS) is 24.2. The maximum atomic E-state index is 12.0. The van der Waals surface area contributed by atoms with Crippen molar-refractivity contribution >= 4 is 17.6 Å². The average molecular weight is 386 g/mol. The number of carbonyl (C=O) groups is 1. The molecule has 3 saturated heterocycles. The van der Waals surface area contributed by atoms with E-state index in [-0.39, 0.29) is 5.91 Å². The van der Waals surface area contributed by atoms with Gasteiger partial charge in [-0.2, -0.15) is 0 Å². The van der Waals surface area contributed by atoms with Crippen molar-refractivity contribution < 1.29 is 9.53 Å². The van der Waals surface area contributed by atoms with Gasteiger partial charge in [0.05, 0.1) is 13.2 Å². The van der Waals surface area contributed by atoms with Crippen LogP contribution in [0.5, 0.6) is 0 Å². The van der Waals surface area contributed by atoms with Crippen molar-refractivity contribution in [2.75, 3.05) is 57.9 Å². The van der Waals surface area contributed by atoms with Gasteiger partial charge >= 0.3 is 0 Å². The molecule has 152 valence electrons. The van der Waals surface area contributed by atoms with Crippen LogP contribution in [0.15, 0.2) is 29.3 Å². The molecular formula is C21H31N5O2.